The summed E-state index contributed by atoms with van der Waals surface area (Å²) in [5, 5.41) is 4.89. The second-order valence-corrected chi connectivity index (χ2v) is 13.1. The lowest BCUT2D eigenvalue weighted by Crippen LogP contribution is -2.09. The summed E-state index contributed by atoms with van der Waals surface area (Å²) in [4.78, 5) is 2.17. The van der Waals surface area contributed by atoms with Gasteiger partial charge in [0.1, 0.15) is 5.82 Å². The Kier molecular flexibility index (Phi) is 8.11. The van der Waals surface area contributed by atoms with Gasteiger partial charge in [-0.15, -0.1) is 0 Å². The molecule has 52 heavy (non-hydrogen) atoms. The van der Waals surface area contributed by atoms with E-state index in [9.17, 15) is 4.39 Å². The Labute approximate surface area is 303 Å². The van der Waals surface area contributed by atoms with Crippen LogP contribution in [0.1, 0.15) is 0 Å². The molecule has 0 atom stereocenters. The van der Waals surface area contributed by atoms with Gasteiger partial charge in [-0.05, 0) is 127 Å². The normalized spacial score (nSPS) is 11.2. The van der Waals surface area contributed by atoms with Crippen molar-refractivity contribution in [2.24, 2.45) is 0 Å². The Bertz CT molecular complexity index is 2480. The molecule has 0 aromatic heterocycles. The highest BCUT2D eigenvalue weighted by Crippen LogP contribution is 2.39. The molecular weight excluding hydrogens is 634 g/mol. The summed E-state index contributed by atoms with van der Waals surface area (Å²) < 4.78 is 14.1. The third kappa shape index (κ3) is 6.01. The molecule has 9 rings (SSSR count). The van der Waals surface area contributed by atoms with Gasteiger partial charge in [0.05, 0.1) is 0 Å². The van der Waals surface area contributed by atoms with Gasteiger partial charge in [-0.25, -0.2) is 4.39 Å². The third-order valence-corrected chi connectivity index (χ3v) is 9.93. The molecule has 9 aromatic rings. The number of hydrogen-bond acceptors (Lipinski definition) is 1. The Hall–Kier alpha value is -6.77. The van der Waals surface area contributed by atoms with Gasteiger partial charge < -0.3 is 4.90 Å². The molecule has 0 radical (unpaired) electrons. The number of rotatable bonds is 7. The number of benzene rings is 9. The average molecular weight is 668 g/mol. The van der Waals surface area contributed by atoms with Crippen molar-refractivity contribution in [2.45, 2.75) is 0 Å². The van der Waals surface area contributed by atoms with Crippen LogP contribution in [0.5, 0.6) is 0 Å². The molecule has 9 aromatic carbocycles. The number of fused-ring (bicyclic) bond motifs is 2. The fourth-order valence-electron chi connectivity index (χ4n) is 7.31. The highest BCUT2D eigenvalue weighted by molar-refractivity contribution is 6.00. The molecule has 0 amide bonds. The minimum absolute atomic E-state index is 0.257. The smallest absolute Gasteiger partial charge is 0.123 e. The lowest BCUT2D eigenvalue weighted by molar-refractivity contribution is 0.628. The maximum Gasteiger partial charge on any atom is 0.123 e. The minimum atomic E-state index is -0.257. The van der Waals surface area contributed by atoms with Crippen LogP contribution in [-0.2, 0) is 0 Å². The molecule has 0 aliphatic carbocycles. The monoisotopic (exact) mass is 667 g/mol. The quantitative estimate of drug-likeness (QED) is 0.163. The van der Waals surface area contributed by atoms with E-state index in [0.29, 0.717) is 0 Å². The predicted molar refractivity (Wildman–Crippen MR) is 218 cm³/mol. The lowest BCUT2D eigenvalue weighted by Gasteiger charge is -2.26. The van der Waals surface area contributed by atoms with Crippen LogP contribution in [0, 0.1) is 5.82 Å². The van der Waals surface area contributed by atoms with Gasteiger partial charge in [0.2, 0.25) is 0 Å². The average Bonchev–Trinajstić information content (AvgIpc) is 3.22. The SMILES string of the molecule is Fc1ccc(N(c2ccc(-c3ccc4c(-c5ccccc5)cccc4c3)cc2)c2ccc(-c3ccc4c(-c5ccccc5)cccc4c3)cc2)cc1. The zero-order valence-corrected chi connectivity index (χ0v) is 28.5. The van der Waals surface area contributed by atoms with E-state index in [1.807, 2.05) is 12.1 Å². The van der Waals surface area contributed by atoms with Gasteiger partial charge in [-0.3, -0.25) is 0 Å². The second-order valence-electron chi connectivity index (χ2n) is 13.1. The summed E-state index contributed by atoms with van der Waals surface area (Å²) in [6.45, 7) is 0. The molecule has 0 fully saturated rings. The van der Waals surface area contributed by atoms with E-state index in [1.165, 1.54) is 55.9 Å². The van der Waals surface area contributed by atoms with E-state index < -0.39 is 0 Å². The fraction of sp³-hybridized carbons (Fsp3) is 0. The van der Waals surface area contributed by atoms with Gasteiger partial charge in [0, 0.05) is 17.1 Å². The highest BCUT2D eigenvalue weighted by Gasteiger charge is 2.14. The van der Waals surface area contributed by atoms with Gasteiger partial charge in [0.15, 0.2) is 0 Å². The maximum atomic E-state index is 14.1. The van der Waals surface area contributed by atoms with Crippen molar-refractivity contribution in [3.05, 3.63) is 212 Å². The summed E-state index contributed by atoms with van der Waals surface area (Å²) in [6, 6.07) is 71.4. The molecule has 0 aliphatic rings. The second kappa shape index (κ2) is 13.5. The molecule has 246 valence electrons. The molecule has 1 nitrogen and oxygen atoms in total. The summed E-state index contributed by atoms with van der Waals surface area (Å²) >= 11 is 0. The van der Waals surface area contributed by atoms with Crippen LogP contribution in [0.4, 0.5) is 21.5 Å². The Balaban J connectivity index is 1.03. The molecule has 0 bridgehead atoms. The van der Waals surface area contributed by atoms with Gasteiger partial charge in [-0.1, -0.05) is 146 Å². The molecule has 0 saturated carbocycles. The van der Waals surface area contributed by atoms with Crippen molar-refractivity contribution in [3.63, 3.8) is 0 Å². The number of hydrogen-bond donors (Lipinski definition) is 0. The van der Waals surface area contributed by atoms with Crippen molar-refractivity contribution < 1.29 is 4.39 Å². The van der Waals surface area contributed by atoms with Crippen molar-refractivity contribution >= 4 is 38.6 Å². The largest absolute Gasteiger partial charge is 0.311 e. The standard InChI is InChI=1S/C50H34FN/c51-43-23-29-46(30-24-43)52(44-25-17-35(18-26-44)39-21-31-49-41(33-39)13-7-15-47(49)37-9-3-1-4-10-37)45-27-19-36(20-28-45)40-22-32-50-42(34-40)14-8-16-48(50)38-11-5-2-6-12-38/h1-34H. The zero-order valence-electron chi connectivity index (χ0n) is 28.5. The molecule has 0 aliphatic heterocycles. The van der Waals surface area contributed by atoms with Gasteiger partial charge in [0.25, 0.3) is 0 Å². The molecular formula is C50H34FN. The molecule has 0 spiro atoms. The van der Waals surface area contributed by atoms with Crippen LogP contribution >= 0.6 is 0 Å². The lowest BCUT2D eigenvalue weighted by atomic mass is 9.95. The number of halogens is 1. The van der Waals surface area contributed by atoms with E-state index >= 15 is 0 Å². The zero-order chi connectivity index (χ0) is 34.9. The molecule has 2 heteroatoms. The number of anilines is 3. The third-order valence-electron chi connectivity index (χ3n) is 9.93. The topological polar surface area (TPSA) is 3.24 Å². The van der Waals surface area contributed by atoms with Gasteiger partial charge in [-0.2, -0.15) is 0 Å². The van der Waals surface area contributed by atoms with Crippen molar-refractivity contribution in [1.29, 1.82) is 0 Å². The Morgan fingerprint density at radius 2 is 0.673 bits per heavy atom. The first-order chi connectivity index (χ1) is 25.7. The van der Waals surface area contributed by atoms with E-state index in [2.05, 4.69) is 187 Å². The number of nitrogens with zero attached hydrogens (tertiary/aromatic N) is 1. The highest BCUT2D eigenvalue weighted by atomic mass is 19.1. The van der Waals surface area contributed by atoms with E-state index in [4.69, 9.17) is 0 Å². The summed E-state index contributed by atoms with van der Waals surface area (Å²) in [6.07, 6.45) is 0. The first-order valence-electron chi connectivity index (χ1n) is 17.6. The van der Waals surface area contributed by atoms with Crippen LogP contribution in [0.3, 0.4) is 0 Å². The van der Waals surface area contributed by atoms with E-state index in [0.717, 1.165) is 39.3 Å². The van der Waals surface area contributed by atoms with Crippen molar-refractivity contribution in [1.82, 2.24) is 0 Å². The first kappa shape index (κ1) is 31.2. The van der Waals surface area contributed by atoms with Crippen molar-refractivity contribution in [2.75, 3.05) is 4.90 Å². The summed E-state index contributed by atoms with van der Waals surface area (Å²) in [7, 11) is 0. The predicted octanol–water partition coefficient (Wildman–Crippen LogP) is 14.3. The molecule has 0 heterocycles. The molecule has 0 unspecified atom stereocenters. The summed E-state index contributed by atoms with van der Waals surface area (Å²) in [5.41, 5.74) is 12.4. The minimum Gasteiger partial charge on any atom is -0.311 e. The van der Waals surface area contributed by atoms with Crippen LogP contribution in [0.2, 0.25) is 0 Å². The Morgan fingerprint density at radius 3 is 1.10 bits per heavy atom. The Morgan fingerprint density at radius 1 is 0.288 bits per heavy atom. The van der Waals surface area contributed by atoms with Gasteiger partial charge >= 0.3 is 0 Å². The maximum absolute atomic E-state index is 14.1. The van der Waals surface area contributed by atoms with Crippen LogP contribution in [0.15, 0.2) is 206 Å². The van der Waals surface area contributed by atoms with Crippen LogP contribution < -0.4 is 4.90 Å². The van der Waals surface area contributed by atoms with E-state index in [1.54, 1.807) is 0 Å². The fourth-order valence-corrected chi connectivity index (χ4v) is 7.31. The van der Waals surface area contributed by atoms with E-state index in [-0.39, 0.29) is 5.82 Å². The van der Waals surface area contributed by atoms with Crippen molar-refractivity contribution in [3.8, 4) is 44.5 Å². The first-order valence-corrected chi connectivity index (χ1v) is 17.6. The molecule has 0 saturated heterocycles. The summed E-state index contributed by atoms with van der Waals surface area (Å²) in [5.74, 6) is -0.257. The molecule has 0 N–H and O–H groups in total. The van der Waals surface area contributed by atoms with Crippen LogP contribution in [-0.4, -0.2) is 0 Å². The van der Waals surface area contributed by atoms with Crippen LogP contribution in [0.25, 0.3) is 66.1 Å².